The summed E-state index contributed by atoms with van der Waals surface area (Å²) in [6, 6.07) is 15.8. The lowest BCUT2D eigenvalue weighted by Gasteiger charge is -2.05. The molecule has 0 atom stereocenters. The zero-order valence-electron chi connectivity index (χ0n) is 12.5. The van der Waals surface area contributed by atoms with Crippen molar-refractivity contribution in [2.24, 2.45) is 0 Å². The number of carbonyl (C=O) groups excluding carboxylic acids is 1. The Bertz CT molecular complexity index is 917. The van der Waals surface area contributed by atoms with Crippen LogP contribution in [0.5, 0.6) is 0 Å². The topological polar surface area (TPSA) is 91.1 Å². The van der Waals surface area contributed by atoms with Crippen LogP contribution in [0.2, 0.25) is 0 Å². The van der Waals surface area contributed by atoms with E-state index < -0.39 is 10.0 Å². The molecule has 0 fully saturated rings. The molecule has 1 amide bonds. The molecule has 3 N–H and O–H groups in total. The first-order valence-electron chi connectivity index (χ1n) is 7.12. The summed E-state index contributed by atoms with van der Waals surface area (Å²) in [5.41, 5.74) is 1.27. The molecule has 6 nitrogen and oxygen atoms in total. The van der Waals surface area contributed by atoms with Crippen molar-refractivity contribution in [3.05, 3.63) is 71.2 Å². The molecule has 0 unspecified atom stereocenters. The van der Waals surface area contributed by atoms with E-state index in [0.29, 0.717) is 6.54 Å². The highest BCUT2D eigenvalue weighted by molar-refractivity contribution is 7.94. The van der Waals surface area contributed by atoms with E-state index in [-0.39, 0.29) is 21.6 Å². The molecule has 124 valence electrons. The van der Waals surface area contributed by atoms with Gasteiger partial charge in [-0.05, 0) is 29.1 Å². The predicted molar refractivity (Wildman–Crippen MR) is 93.5 cm³/mol. The predicted octanol–water partition coefficient (Wildman–Crippen LogP) is 2.81. The molecular formula is C16H15N3O3S2. The average molecular weight is 361 g/mol. The van der Waals surface area contributed by atoms with Crippen LogP contribution in [0.25, 0.3) is 0 Å². The number of H-pyrrole nitrogens is 1. The molecule has 0 saturated carbocycles. The van der Waals surface area contributed by atoms with Crippen LogP contribution in [0, 0.1) is 0 Å². The van der Waals surface area contributed by atoms with Crippen LogP contribution in [0.4, 0.5) is 5.82 Å². The van der Waals surface area contributed by atoms with Gasteiger partial charge in [0.15, 0.2) is 0 Å². The number of rotatable bonds is 6. The van der Waals surface area contributed by atoms with Crippen molar-refractivity contribution in [1.82, 2.24) is 10.3 Å². The molecule has 0 aliphatic rings. The van der Waals surface area contributed by atoms with Crippen LogP contribution in [0.1, 0.15) is 16.1 Å². The van der Waals surface area contributed by atoms with Crippen molar-refractivity contribution >= 4 is 33.1 Å². The lowest BCUT2D eigenvalue weighted by Crippen LogP contribution is -2.23. The molecule has 24 heavy (non-hydrogen) atoms. The molecule has 0 saturated heterocycles. The molecule has 3 rings (SSSR count). The summed E-state index contributed by atoms with van der Waals surface area (Å²) in [4.78, 5) is 14.9. The molecule has 0 bridgehead atoms. The van der Waals surface area contributed by atoms with Gasteiger partial charge in [0.25, 0.3) is 15.9 Å². The van der Waals surface area contributed by atoms with Gasteiger partial charge in [0.1, 0.15) is 15.7 Å². The number of nitrogens with one attached hydrogen (secondary N) is 3. The largest absolute Gasteiger partial charge is 0.347 e. The number of sulfonamides is 1. The van der Waals surface area contributed by atoms with Gasteiger partial charge < -0.3 is 10.3 Å². The van der Waals surface area contributed by atoms with Crippen LogP contribution in [-0.4, -0.2) is 19.3 Å². The number of aromatic amines is 1. The molecule has 1 aromatic carbocycles. The van der Waals surface area contributed by atoms with Crippen molar-refractivity contribution in [3.8, 4) is 0 Å². The highest BCUT2D eigenvalue weighted by atomic mass is 32.2. The Morgan fingerprint density at radius 2 is 1.83 bits per heavy atom. The number of anilines is 1. The van der Waals surface area contributed by atoms with Gasteiger partial charge in [0, 0.05) is 6.54 Å². The highest BCUT2D eigenvalue weighted by Gasteiger charge is 2.17. The second-order valence-corrected chi connectivity index (χ2v) is 7.85. The number of hydrogen-bond acceptors (Lipinski definition) is 4. The Morgan fingerprint density at radius 1 is 1.04 bits per heavy atom. The van der Waals surface area contributed by atoms with Gasteiger partial charge in [0.2, 0.25) is 0 Å². The van der Waals surface area contributed by atoms with Gasteiger partial charge in [-0.1, -0.05) is 36.4 Å². The van der Waals surface area contributed by atoms with Gasteiger partial charge in [0.05, 0.1) is 0 Å². The zero-order chi connectivity index (χ0) is 17.0. The molecular weight excluding hydrogens is 346 g/mol. The van der Waals surface area contributed by atoms with Gasteiger partial charge in [-0.3, -0.25) is 9.52 Å². The van der Waals surface area contributed by atoms with E-state index in [2.05, 4.69) is 15.0 Å². The number of aromatic nitrogens is 1. The van der Waals surface area contributed by atoms with Crippen LogP contribution >= 0.6 is 11.3 Å². The first-order chi connectivity index (χ1) is 11.5. The Hall–Kier alpha value is -2.58. The third-order valence-corrected chi connectivity index (χ3v) is 5.99. The average Bonchev–Trinajstić information content (AvgIpc) is 3.25. The lowest BCUT2D eigenvalue weighted by molar-refractivity contribution is 0.0946. The molecule has 8 heteroatoms. The van der Waals surface area contributed by atoms with E-state index in [1.807, 2.05) is 30.3 Å². The number of benzene rings is 1. The van der Waals surface area contributed by atoms with Crippen LogP contribution in [0.3, 0.4) is 0 Å². The molecule has 3 aromatic rings. The number of thiophene rings is 1. The maximum Gasteiger partial charge on any atom is 0.272 e. The molecule has 0 aliphatic carbocycles. The summed E-state index contributed by atoms with van der Waals surface area (Å²) in [5, 5.41) is 4.46. The van der Waals surface area contributed by atoms with Crippen LogP contribution < -0.4 is 10.0 Å². The van der Waals surface area contributed by atoms with E-state index in [1.54, 1.807) is 11.4 Å². The van der Waals surface area contributed by atoms with E-state index in [0.717, 1.165) is 16.9 Å². The first-order valence-corrected chi connectivity index (χ1v) is 9.48. The summed E-state index contributed by atoms with van der Waals surface area (Å²) in [6.07, 6.45) is 0. The number of carbonyl (C=O) groups is 1. The standard InChI is InChI=1S/C16H15N3O3S2/c20-16(17-11-12-5-2-1-3-6-12)13-8-9-14(18-13)19-24(21,22)15-7-4-10-23-15/h1-10,18-19H,11H2,(H,17,20). The minimum Gasteiger partial charge on any atom is -0.347 e. The summed E-state index contributed by atoms with van der Waals surface area (Å²) in [6.45, 7) is 0.398. The summed E-state index contributed by atoms with van der Waals surface area (Å²) >= 11 is 1.12. The zero-order valence-corrected chi connectivity index (χ0v) is 14.2. The second-order valence-electron chi connectivity index (χ2n) is 4.99. The molecule has 0 spiro atoms. The van der Waals surface area contributed by atoms with E-state index in [4.69, 9.17) is 0 Å². The van der Waals surface area contributed by atoms with Crippen LogP contribution in [0.15, 0.2) is 64.2 Å². The number of amides is 1. The maximum atomic E-state index is 12.1. The highest BCUT2D eigenvalue weighted by Crippen LogP contribution is 2.19. The smallest absolute Gasteiger partial charge is 0.272 e. The lowest BCUT2D eigenvalue weighted by atomic mass is 10.2. The summed E-state index contributed by atoms with van der Waals surface area (Å²) < 4.78 is 26.9. The molecule has 2 heterocycles. The maximum absolute atomic E-state index is 12.1. The van der Waals surface area contributed by atoms with Crippen molar-refractivity contribution in [2.75, 3.05) is 4.72 Å². The Kier molecular flexibility index (Phi) is 4.68. The monoisotopic (exact) mass is 361 g/mol. The Morgan fingerprint density at radius 3 is 2.54 bits per heavy atom. The van der Waals surface area contributed by atoms with E-state index in [1.165, 1.54) is 18.2 Å². The molecule has 2 aromatic heterocycles. The first kappa shape index (κ1) is 16.3. The van der Waals surface area contributed by atoms with Gasteiger partial charge >= 0.3 is 0 Å². The fraction of sp³-hybridized carbons (Fsp3) is 0.0625. The summed E-state index contributed by atoms with van der Waals surface area (Å²) in [5.74, 6) is -0.0614. The van der Waals surface area contributed by atoms with Crippen molar-refractivity contribution in [1.29, 1.82) is 0 Å². The van der Waals surface area contributed by atoms with Crippen molar-refractivity contribution in [3.63, 3.8) is 0 Å². The van der Waals surface area contributed by atoms with Crippen LogP contribution in [-0.2, 0) is 16.6 Å². The SMILES string of the molecule is O=C(NCc1ccccc1)c1ccc(NS(=O)(=O)c2cccs2)[nH]1. The van der Waals surface area contributed by atoms with Gasteiger partial charge in [-0.25, -0.2) is 8.42 Å². The molecule has 0 aliphatic heterocycles. The third kappa shape index (κ3) is 3.84. The van der Waals surface area contributed by atoms with E-state index in [9.17, 15) is 13.2 Å². The third-order valence-electron chi connectivity index (χ3n) is 3.23. The minimum atomic E-state index is -3.63. The number of hydrogen-bond donors (Lipinski definition) is 3. The Balaban J connectivity index is 1.64. The minimum absolute atomic E-state index is 0.215. The second kappa shape index (κ2) is 6.90. The van der Waals surface area contributed by atoms with Gasteiger partial charge in [-0.2, -0.15) is 0 Å². The normalized spacial score (nSPS) is 11.2. The molecule has 0 radical (unpaired) electrons. The van der Waals surface area contributed by atoms with Crippen molar-refractivity contribution in [2.45, 2.75) is 10.8 Å². The Labute approximate surface area is 143 Å². The fourth-order valence-electron chi connectivity index (χ4n) is 2.07. The van der Waals surface area contributed by atoms with E-state index >= 15 is 0 Å². The van der Waals surface area contributed by atoms with Crippen molar-refractivity contribution < 1.29 is 13.2 Å². The quantitative estimate of drug-likeness (QED) is 0.630. The summed E-state index contributed by atoms with van der Waals surface area (Å²) in [7, 11) is -3.63. The fourth-order valence-corrected chi connectivity index (χ4v) is 4.09. The van der Waals surface area contributed by atoms with Gasteiger partial charge in [-0.15, -0.1) is 11.3 Å².